The SMILES string of the molecule is C[C@]1(NC(=O)c2ccc(N)c(Cl)c2)CCC[C@@H](Nc2ncc(C(F)(F)F)c(-c3n[nH]c4ccccc34)n2)C1. The van der Waals surface area contributed by atoms with Gasteiger partial charge in [-0.15, -0.1) is 0 Å². The van der Waals surface area contributed by atoms with Gasteiger partial charge in [-0.05, 0) is 56.9 Å². The molecule has 12 heteroatoms. The van der Waals surface area contributed by atoms with Crippen molar-refractivity contribution in [1.82, 2.24) is 25.5 Å². The van der Waals surface area contributed by atoms with Crippen molar-refractivity contribution >= 4 is 40.0 Å². The number of nitrogens with zero attached hydrogens (tertiary/aromatic N) is 3. The first-order chi connectivity index (χ1) is 18.0. The van der Waals surface area contributed by atoms with Gasteiger partial charge in [0.2, 0.25) is 5.95 Å². The van der Waals surface area contributed by atoms with E-state index in [0.29, 0.717) is 33.6 Å². The number of halogens is 4. The van der Waals surface area contributed by atoms with E-state index in [2.05, 4.69) is 30.8 Å². The van der Waals surface area contributed by atoms with Crippen molar-refractivity contribution in [3.8, 4) is 11.4 Å². The molecule has 5 rings (SSSR count). The molecule has 4 aromatic rings. The van der Waals surface area contributed by atoms with Crippen molar-refractivity contribution in [3.05, 3.63) is 64.8 Å². The summed E-state index contributed by atoms with van der Waals surface area (Å²) in [7, 11) is 0. The van der Waals surface area contributed by atoms with E-state index in [1.165, 1.54) is 6.07 Å². The first kappa shape index (κ1) is 25.8. The third kappa shape index (κ3) is 5.24. The number of nitrogens with two attached hydrogens (primary N) is 1. The topological polar surface area (TPSA) is 122 Å². The Bertz CT molecular complexity index is 1510. The van der Waals surface area contributed by atoms with Crippen LogP contribution in [0.1, 0.15) is 48.5 Å². The lowest BCUT2D eigenvalue weighted by Gasteiger charge is -2.39. The fourth-order valence-corrected chi connectivity index (χ4v) is 5.08. The molecule has 2 heterocycles. The summed E-state index contributed by atoms with van der Waals surface area (Å²) in [6, 6.07) is 11.4. The monoisotopic (exact) mass is 543 g/mol. The molecule has 38 heavy (non-hydrogen) atoms. The molecule has 0 unspecified atom stereocenters. The lowest BCUT2D eigenvalue weighted by Crippen LogP contribution is -2.51. The van der Waals surface area contributed by atoms with E-state index in [0.717, 1.165) is 25.5 Å². The van der Waals surface area contributed by atoms with Crippen LogP contribution in [0.15, 0.2) is 48.7 Å². The Balaban J connectivity index is 1.38. The number of hydrogen-bond acceptors (Lipinski definition) is 6. The zero-order valence-corrected chi connectivity index (χ0v) is 21.1. The molecule has 198 valence electrons. The summed E-state index contributed by atoms with van der Waals surface area (Å²) in [5.41, 5.74) is 5.38. The van der Waals surface area contributed by atoms with E-state index in [9.17, 15) is 18.0 Å². The van der Waals surface area contributed by atoms with Gasteiger partial charge in [-0.25, -0.2) is 9.97 Å². The lowest BCUT2D eigenvalue weighted by molar-refractivity contribution is -0.137. The summed E-state index contributed by atoms with van der Waals surface area (Å²) in [5.74, 6) is -0.223. The third-order valence-electron chi connectivity index (χ3n) is 6.78. The predicted octanol–water partition coefficient (Wildman–Crippen LogP) is 5.82. The van der Waals surface area contributed by atoms with Crippen LogP contribution in [0.5, 0.6) is 0 Å². The van der Waals surface area contributed by atoms with E-state index in [1.807, 2.05) is 6.92 Å². The van der Waals surface area contributed by atoms with Crippen LogP contribution in [0.25, 0.3) is 22.3 Å². The smallest absolute Gasteiger partial charge is 0.398 e. The van der Waals surface area contributed by atoms with Gasteiger partial charge < -0.3 is 16.4 Å². The fraction of sp³-hybridized carbons (Fsp3) is 0.308. The second-order valence-corrected chi connectivity index (χ2v) is 10.2. The molecule has 0 aliphatic heterocycles. The van der Waals surface area contributed by atoms with Gasteiger partial charge in [-0.2, -0.15) is 18.3 Å². The van der Waals surface area contributed by atoms with Gasteiger partial charge in [-0.1, -0.05) is 29.8 Å². The van der Waals surface area contributed by atoms with E-state index >= 15 is 0 Å². The van der Waals surface area contributed by atoms with E-state index < -0.39 is 17.3 Å². The minimum absolute atomic E-state index is 0.0611. The highest BCUT2D eigenvalue weighted by Crippen LogP contribution is 2.38. The zero-order chi connectivity index (χ0) is 27.1. The van der Waals surface area contributed by atoms with Crippen molar-refractivity contribution in [1.29, 1.82) is 0 Å². The third-order valence-corrected chi connectivity index (χ3v) is 7.11. The number of benzene rings is 2. The summed E-state index contributed by atoms with van der Waals surface area (Å²) >= 11 is 6.06. The van der Waals surface area contributed by atoms with Gasteiger partial charge in [-0.3, -0.25) is 9.89 Å². The van der Waals surface area contributed by atoms with Gasteiger partial charge in [0.1, 0.15) is 17.0 Å². The number of para-hydroxylation sites is 1. The lowest BCUT2D eigenvalue weighted by atomic mass is 9.80. The number of aromatic nitrogens is 4. The van der Waals surface area contributed by atoms with Gasteiger partial charge in [0, 0.05) is 28.7 Å². The molecule has 8 nitrogen and oxygen atoms in total. The molecular weight excluding hydrogens is 519 g/mol. The Kier molecular flexibility index (Phi) is 6.64. The molecule has 2 aromatic heterocycles. The maximum Gasteiger partial charge on any atom is 0.420 e. The molecule has 1 aliphatic rings. The largest absolute Gasteiger partial charge is 0.420 e. The van der Waals surface area contributed by atoms with Crippen LogP contribution >= 0.6 is 11.6 Å². The molecule has 2 aromatic carbocycles. The van der Waals surface area contributed by atoms with Crippen molar-refractivity contribution < 1.29 is 18.0 Å². The number of alkyl halides is 3. The molecule has 0 radical (unpaired) electrons. The molecule has 2 atom stereocenters. The maximum absolute atomic E-state index is 13.8. The Morgan fingerprint density at radius 1 is 1.21 bits per heavy atom. The molecule has 1 aliphatic carbocycles. The fourth-order valence-electron chi connectivity index (χ4n) is 4.90. The van der Waals surface area contributed by atoms with Gasteiger partial charge in [0.05, 0.1) is 16.2 Å². The minimum atomic E-state index is -4.66. The first-order valence-corrected chi connectivity index (χ1v) is 12.4. The second kappa shape index (κ2) is 9.79. The Morgan fingerprint density at radius 3 is 2.76 bits per heavy atom. The number of carbonyl (C=O) groups excluding carboxylic acids is 1. The van der Waals surface area contributed by atoms with Gasteiger partial charge in [0.25, 0.3) is 5.91 Å². The summed E-state index contributed by atoms with van der Waals surface area (Å²) in [5, 5.41) is 14.0. The van der Waals surface area contributed by atoms with E-state index in [-0.39, 0.29) is 29.3 Å². The van der Waals surface area contributed by atoms with Crippen molar-refractivity contribution in [2.75, 3.05) is 11.1 Å². The van der Waals surface area contributed by atoms with E-state index in [1.54, 1.807) is 36.4 Å². The standard InChI is InChI=1S/C26H25ClF3N7O/c1-25(35-23(38)14-8-9-19(31)18(27)11-14)10-4-5-15(12-25)33-24-32-13-17(26(28,29)30)22(34-24)21-16-6-2-3-7-20(16)36-37-21/h2-3,6-9,11,13,15H,4-5,10,12,31H2,1H3,(H,35,38)(H,36,37)(H,32,33,34)/t15-,25+/m1/s1. The van der Waals surface area contributed by atoms with Crippen LogP contribution in [0.2, 0.25) is 5.02 Å². The number of rotatable bonds is 5. The van der Waals surface area contributed by atoms with Crippen LogP contribution < -0.4 is 16.4 Å². The highest BCUT2D eigenvalue weighted by Gasteiger charge is 2.38. The minimum Gasteiger partial charge on any atom is -0.398 e. The highest BCUT2D eigenvalue weighted by molar-refractivity contribution is 6.33. The molecule has 1 fully saturated rings. The molecule has 0 saturated heterocycles. The zero-order valence-electron chi connectivity index (χ0n) is 20.4. The summed E-state index contributed by atoms with van der Waals surface area (Å²) < 4.78 is 41.5. The number of nitrogen functional groups attached to an aromatic ring is 1. The molecule has 0 bridgehead atoms. The first-order valence-electron chi connectivity index (χ1n) is 12.0. The number of amides is 1. The summed E-state index contributed by atoms with van der Waals surface area (Å²) in [6.45, 7) is 1.94. The van der Waals surface area contributed by atoms with Crippen LogP contribution in [-0.4, -0.2) is 37.7 Å². The van der Waals surface area contributed by atoms with Crippen LogP contribution in [0.3, 0.4) is 0 Å². The normalized spacial score (nSPS) is 19.9. The Hall–Kier alpha value is -3.86. The molecule has 1 amide bonds. The predicted molar refractivity (Wildman–Crippen MR) is 140 cm³/mol. The Labute approximate surface area is 221 Å². The maximum atomic E-state index is 13.8. The number of hydrogen-bond donors (Lipinski definition) is 4. The van der Waals surface area contributed by atoms with E-state index in [4.69, 9.17) is 17.3 Å². The second-order valence-electron chi connectivity index (χ2n) is 9.76. The van der Waals surface area contributed by atoms with Crippen LogP contribution in [0, 0.1) is 0 Å². The average molecular weight is 544 g/mol. The number of nitrogens with one attached hydrogen (secondary N) is 3. The van der Waals surface area contributed by atoms with Crippen molar-refractivity contribution in [2.45, 2.75) is 50.4 Å². The van der Waals surface area contributed by atoms with Gasteiger partial charge in [0.15, 0.2) is 0 Å². The highest BCUT2D eigenvalue weighted by atomic mass is 35.5. The van der Waals surface area contributed by atoms with Crippen molar-refractivity contribution in [3.63, 3.8) is 0 Å². The van der Waals surface area contributed by atoms with Crippen LogP contribution in [0.4, 0.5) is 24.8 Å². The molecule has 5 N–H and O–H groups in total. The summed E-state index contributed by atoms with van der Waals surface area (Å²) in [6.07, 6.45) is -1.10. The van der Waals surface area contributed by atoms with Crippen molar-refractivity contribution in [2.24, 2.45) is 0 Å². The number of anilines is 2. The number of carbonyl (C=O) groups is 1. The number of fused-ring (bicyclic) bond motifs is 1. The average Bonchev–Trinajstić information content (AvgIpc) is 3.29. The Morgan fingerprint density at radius 2 is 2.00 bits per heavy atom. The molecular formula is C26H25ClF3N7O. The molecule has 1 saturated carbocycles. The summed E-state index contributed by atoms with van der Waals surface area (Å²) in [4.78, 5) is 21.1. The quantitative estimate of drug-likeness (QED) is 0.235. The van der Waals surface area contributed by atoms with Gasteiger partial charge >= 0.3 is 6.18 Å². The number of aromatic amines is 1. The molecule has 0 spiro atoms. The number of H-pyrrole nitrogens is 1. The van der Waals surface area contributed by atoms with Crippen LogP contribution in [-0.2, 0) is 6.18 Å².